The third-order valence-electron chi connectivity index (χ3n) is 4.57. The average molecular weight is 427 g/mol. The zero-order valence-electron chi connectivity index (χ0n) is 17.3. The van der Waals surface area contributed by atoms with Crippen molar-refractivity contribution in [3.63, 3.8) is 0 Å². The van der Waals surface area contributed by atoms with Gasteiger partial charge in [0.2, 0.25) is 5.78 Å². The van der Waals surface area contributed by atoms with Crippen LogP contribution >= 0.6 is 11.6 Å². The Morgan fingerprint density at radius 3 is 2.37 bits per heavy atom. The Labute approximate surface area is 180 Å². The smallest absolute Gasteiger partial charge is 0.359 e. The van der Waals surface area contributed by atoms with Crippen molar-refractivity contribution in [2.75, 3.05) is 13.7 Å². The molecule has 156 valence electrons. The van der Waals surface area contributed by atoms with Crippen molar-refractivity contribution in [1.29, 1.82) is 0 Å². The maximum Gasteiger partial charge on any atom is 0.359 e. The lowest BCUT2D eigenvalue weighted by Crippen LogP contribution is -2.18. The number of esters is 1. The van der Waals surface area contributed by atoms with Crippen molar-refractivity contribution in [2.24, 2.45) is 0 Å². The minimum atomic E-state index is -0.648. The zero-order valence-corrected chi connectivity index (χ0v) is 18.1. The van der Waals surface area contributed by atoms with Crippen LogP contribution in [0.15, 0.2) is 48.5 Å². The highest BCUT2D eigenvalue weighted by Crippen LogP contribution is 2.34. The topological polar surface area (TPSA) is 70.4 Å². The summed E-state index contributed by atoms with van der Waals surface area (Å²) in [6.07, 6.45) is 0. The number of nitrogens with zero attached hydrogens (tertiary/aromatic N) is 2. The van der Waals surface area contributed by atoms with Crippen molar-refractivity contribution in [3.8, 4) is 17.1 Å². The van der Waals surface area contributed by atoms with Crippen LogP contribution in [0.25, 0.3) is 11.4 Å². The number of methoxy groups -OCH3 is 1. The number of carbonyl (C=O) groups is 2. The Hall–Kier alpha value is -3.12. The number of imidazole rings is 1. The van der Waals surface area contributed by atoms with Crippen molar-refractivity contribution in [1.82, 2.24) is 9.55 Å². The van der Waals surface area contributed by atoms with E-state index in [1.807, 2.05) is 32.0 Å². The fourth-order valence-electron chi connectivity index (χ4n) is 3.25. The predicted octanol–water partition coefficient (Wildman–Crippen LogP) is 5.20. The van der Waals surface area contributed by atoms with E-state index in [0.717, 1.165) is 0 Å². The Morgan fingerprint density at radius 2 is 1.77 bits per heavy atom. The van der Waals surface area contributed by atoms with Gasteiger partial charge in [-0.2, -0.15) is 0 Å². The number of ketones is 1. The number of carbonyl (C=O) groups excluding carboxylic acids is 2. The summed E-state index contributed by atoms with van der Waals surface area (Å²) >= 11 is 5.97. The summed E-state index contributed by atoms with van der Waals surface area (Å²) in [6, 6.07) is 13.7. The normalized spacial score (nSPS) is 10.9. The summed E-state index contributed by atoms with van der Waals surface area (Å²) in [5.41, 5.74) is 1.23. The van der Waals surface area contributed by atoms with E-state index in [2.05, 4.69) is 4.98 Å². The maximum absolute atomic E-state index is 13.5. The van der Waals surface area contributed by atoms with Gasteiger partial charge >= 0.3 is 5.97 Å². The lowest BCUT2D eigenvalue weighted by Gasteiger charge is -2.17. The molecule has 1 aromatic heterocycles. The SMILES string of the molecule is CCOC(=O)c1nc(-c2ccccc2OC)n(C(C)C)c1C(=O)c1ccc(Cl)cc1. The standard InChI is InChI=1S/C23H23ClN2O4/c1-5-30-23(28)19-20(21(27)15-10-12-16(24)13-11-15)26(14(2)3)22(25-19)17-8-6-7-9-18(17)29-4/h6-14H,5H2,1-4H3. The first-order valence-corrected chi connectivity index (χ1v) is 9.99. The van der Waals surface area contributed by atoms with Gasteiger partial charge in [-0.15, -0.1) is 0 Å². The van der Waals surface area contributed by atoms with Crippen LogP contribution in [0, 0.1) is 0 Å². The highest BCUT2D eigenvalue weighted by Gasteiger charge is 2.31. The summed E-state index contributed by atoms with van der Waals surface area (Å²) in [7, 11) is 1.56. The highest BCUT2D eigenvalue weighted by atomic mass is 35.5. The molecule has 0 N–H and O–H groups in total. The highest BCUT2D eigenvalue weighted by molar-refractivity contribution is 6.30. The first kappa shape index (κ1) is 21.6. The second-order valence-corrected chi connectivity index (χ2v) is 7.29. The fraction of sp³-hybridized carbons (Fsp3) is 0.261. The Kier molecular flexibility index (Phi) is 6.57. The number of hydrogen-bond acceptors (Lipinski definition) is 5. The van der Waals surface area contributed by atoms with Gasteiger partial charge in [0.05, 0.1) is 19.3 Å². The molecule has 0 atom stereocenters. The second-order valence-electron chi connectivity index (χ2n) is 6.85. The van der Waals surface area contributed by atoms with Gasteiger partial charge in [-0.25, -0.2) is 9.78 Å². The summed E-state index contributed by atoms with van der Waals surface area (Å²) in [5, 5.41) is 0.518. The molecule has 30 heavy (non-hydrogen) atoms. The molecule has 3 aromatic rings. The minimum absolute atomic E-state index is 0.0218. The number of hydrogen-bond donors (Lipinski definition) is 0. The van der Waals surface area contributed by atoms with Crippen molar-refractivity contribution in [2.45, 2.75) is 26.8 Å². The molecule has 0 saturated heterocycles. The molecule has 2 aromatic carbocycles. The van der Waals surface area contributed by atoms with Gasteiger partial charge in [-0.05, 0) is 57.2 Å². The van der Waals surface area contributed by atoms with Crippen LogP contribution in [0.4, 0.5) is 0 Å². The first-order chi connectivity index (χ1) is 14.4. The molecule has 7 heteroatoms. The second kappa shape index (κ2) is 9.13. The minimum Gasteiger partial charge on any atom is -0.496 e. The monoisotopic (exact) mass is 426 g/mol. The molecule has 0 fully saturated rings. The van der Waals surface area contributed by atoms with Crippen LogP contribution in [-0.4, -0.2) is 35.0 Å². The molecule has 0 aliphatic rings. The van der Waals surface area contributed by atoms with Crippen LogP contribution in [-0.2, 0) is 4.74 Å². The van der Waals surface area contributed by atoms with E-state index in [9.17, 15) is 9.59 Å². The third kappa shape index (κ3) is 4.09. The van der Waals surface area contributed by atoms with Gasteiger partial charge in [0.1, 0.15) is 17.3 Å². The van der Waals surface area contributed by atoms with Crippen LogP contribution in [0.2, 0.25) is 5.02 Å². The van der Waals surface area contributed by atoms with Gasteiger partial charge in [0.25, 0.3) is 0 Å². The average Bonchev–Trinajstić information content (AvgIpc) is 3.14. The number of halogens is 1. The molecule has 0 radical (unpaired) electrons. The molecule has 0 amide bonds. The summed E-state index contributed by atoms with van der Waals surface area (Å²) in [6.45, 7) is 5.73. The molecular formula is C23H23ClN2O4. The van der Waals surface area contributed by atoms with E-state index >= 15 is 0 Å². The van der Waals surface area contributed by atoms with Crippen LogP contribution < -0.4 is 4.74 Å². The molecule has 3 rings (SSSR count). The molecular weight excluding hydrogens is 404 g/mol. The van der Waals surface area contributed by atoms with Gasteiger partial charge in [-0.1, -0.05) is 23.7 Å². The fourth-order valence-corrected chi connectivity index (χ4v) is 3.38. The van der Waals surface area contributed by atoms with Crippen LogP contribution in [0.5, 0.6) is 5.75 Å². The maximum atomic E-state index is 13.5. The molecule has 1 heterocycles. The van der Waals surface area contributed by atoms with Crippen molar-refractivity contribution >= 4 is 23.4 Å². The summed E-state index contributed by atoms with van der Waals surface area (Å²) < 4.78 is 12.4. The van der Waals surface area contributed by atoms with Crippen molar-refractivity contribution < 1.29 is 19.1 Å². The lowest BCUT2D eigenvalue weighted by molar-refractivity contribution is 0.0517. The van der Waals surface area contributed by atoms with Gasteiger partial charge in [-0.3, -0.25) is 4.79 Å². The molecule has 0 aliphatic carbocycles. The van der Waals surface area contributed by atoms with E-state index in [0.29, 0.717) is 27.7 Å². The molecule has 0 spiro atoms. The quantitative estimate of drug-likeness (QED) is 0.383. The zero-order chi connectivity index (χ0) is 21.8. The molecule has 0 saturated carbocycles. The third-order valence-corrected chi connectivity index (χ3v) is 4.82. The molecule has 0 unspecified atom stereocenters. The summed E-state index contributed by atoms with van der Waals surface area (Å²) in [5.74, 6) is 0.0653. The van der Waals surface area contributed by atoms with Gasteiger partial charge in [0.15, 0.2) is 5.69 Å². The van der Waals surface area contributed by atoms with Crippen LogP contribution in [0.3, 0.4) is 0 Å². The number of rotatable bonds is 7. The van der Waals surface area contributed by atoms with E-state index in [1.165, 1.54) is 0 Å². The number of benzene rings is 2. The number of ether oxygens (including phenoxy) is 2. The van der Waals surface area contributed by atoms with Crippen LogP contribution in [0.1, 0.15) is 53.4 Å². The largest absolute Gasteiger partial charge is 0.496 e. The number of aromatic nitrogens is 2. The lowest BCUT2D eigenvalue weighted by atomic mass is 10.1. The van der Waals surface area contributed by atoms with E-state index in [4.69, 9.17) is 21.1 Å². The van der Waals surface area contributed by atoms with E-state index < -0.39 is 5.97 Å². The molecule has 0 bridgehead atoms. The van der Waals surface area contributed by atoms with E-state index in [1.54, 1.807) is 48.9 Å². The molecule has 6 nitrogen and oxygen atoms in total. The van der Waals surface area contributed by atoms with Crippen molar-refractivity contribution in [3.05, 3.63) is 70.5 Å². The van der Waals surface area contributed by atoms with Gasteiger partial charge in [0, 0.05) is 16.6 Å². The Bertz CT molecular complexity index is 1070. The predicted molar refractivity (Wildman–Crippen MR) is 115 cm³/mol. The summed E-state index contributed by atoms with van der Waals surface area (Å²) in [4.78, 5) is 30.7. The Morgan fingerprint density at radius 1 is 1.10 bits per heavy atom. The number of para-hydroxylation sites is 1. The Balaban J connectivity index is 2.30. The first-order valence-electron chi connectivity index (χ1n) is 9.62. The molecule has 0 aliphatic heterocycles. The van der Waals surface area contributed by atoms with E-state index in [-0.39, 0.29) is 29.8 Å². The van der Waals surface area contributed by atoms with Gasteiger partial charge < -0.3 is 14.0 Å².